The van der Waals surface area contributed by atoms with E-state index in [1.54, 1.807) is 0 Å². The van der Waals surface area contributed by atoms with Gasteiger partial charge < -0.3 is 15.2 Å². The number of aliphatic hydroxyl groups is 1. The van der Waals surface area contributed by atoms with Gasteiger partial charge in [-0.1, -0.05) is 19.1 Å². The maximum absolute atomic E-state index is 11.7. The van der Waals surface area contributed by atoms with Gasteiger partial charge >= 0.3 is 0 Å². The van der Waals surface area contributed by atoms with Crippen LogP contribution in [0.15, 0.2) is 18.2 Å². The lowest BCUT2D eigenvalue weighted by molar-refractivity contribution is -0.126. The van der Waals surface area contributed by atoms with Gasteiger partial charge in [0.15, 0.2) is 0 Å². The first-order valence-electron chi connectivity index (χ1n) is 6.37. The monoisotopic (exact) mass is 249 g/mol. The Morgan fingerprint density at radius 1 is 1.56 bits per heavy atom. The van der Waals surface area contributed by atoms with Crippen molar-refractivity contribution in [3.05, 3.63) is 29.3 Å². The molecule has 0 saturated heterocycles. The largest absolute Gasteiger partial charge is 0.493 e. The van der Waals surface area contributed by atoms with E-state index in [1.807, 2.05) is 19.1 Å². The molecule has 0 radical (unpaired) electrons. The summed E-state index contributed by atoms with van der Waals surface area (Å²) in [6.45, 7) is 3.05. The molecular formula is C14H19NO3. The first-order valence-corrected chi connectivity index (χ1v) is 6.37. The highest BCUT2D eigenvalue weighted by Gasteiger charge is 2.15. The van der Waals surface area contributed by atoms with Crippen molar-refractivity contribution >= 4 is 5.91 Å². The quantitative estimate of drug-likeness (QED) is 0.826. The summed E-state index contributed by atoms with van der Waals surface area (Å²) in [6, 6.07) is 5.99. The van der Waals surface area contributed by atoms with E-state index >= 15 is 0 Å². The molecule has 1 aromatic carbocycles. The molecule has 1 atom stereocenters. The highest BCUT2D eigenvalue weighted by atomic mass is 16.5. The fourth-order valence-electron chi connectivity index (χ4n) is 2.08. The summed E-state index contributed by atoms with van der Waals surface area (Å²) < 4.78 is 5.43. The Kier molecular flexibility index (Phi) is 4.20. The number of rotatable bonds is 5. The molecule has 1 aromatic rings. The number of hydrogen-bond donors (Lipinski definition) is 2. The molecule has 18 heavy (non-hydrogen) atoms. The molecule has 1 heterocycles. The molecule has 0 fully saturated rings. The Labute approximate surface area is 107 Å². The fourth-order valence-corrected chi connectivity index (χ4v) is 2.08. The maximum atomic E-state index is 11.7. The molecule has 1 amide bonds. The SMILES string of the molecule is CCC(CO)C(=O)NCc1ccc2c(c1)CCO2. The van der Waals surface area contributed by atoms with Crippen LogP contribution in [0.2, 0.25) is 0 Å². The van der Waals surface area contributed by atoms with Gasteiger partial charge in [-0.3, -0.25) is 4.79 Å². The van der Waals surface area contributed by atoms with Crippen molar-refractivity contribution in [3.8, 4) is 5.75 Å². The predicted octanol–water partition coefficient (Wildman–Crippen LogP) is 1.26. The summed E-state index contributed by atoms with van der Waals surface area (Å²) in [5.41, 5.74) is 2.27. The minimum atomic E-state index is -0.303. The molecular weight excluding hydrogens is 230 g/mol. The standard InChI is InChI=1S/C14H19NO3/c1-2-11(9-16)14(17)15-8-10-3-4-13-12(7-10)5-6-18-13/h3-4,7,11,16H,2,5-6,8-9H2,1H3,(H,15,17). The van der Waals surface area contributed by atoms with Crippen LogP contribution in [0.3, 0.4) is 0 Å². The normalized spacial score (nSPS) is 14.8. The van der Waals surface area contributed by atoms with E-state index in [1.165, 1.54) is 5.56 Å². The first kappa shape index (κ1) is 12.9. The number of hydrogen-bond acceptors (Lipinski definition) is 3. The third-order valence-electron chi connectivity index (χ3n) is 3.30. The average molecular weight is 249 g/mol. The van der Waals surface area contributed by atoms with Crippen LogP contribution in [0.1, 0.15) is 24.5 Å². The van der Waals surface area contributed by atoms with Gasteiger partial charge in [-0.15, -0.1) is 0 Å². The van der Waals surface area contributed by atoms with Crippen LogP contribution in [0.25, 0.3) is 0 Å². The highest BCUT2D eigenvalue weighted by Crippen LogP contribution is 2.25. The number of benzene rings is 1. The molecule has 2 N–H and O–H groups in total. The minimum Gasteiger partial charge on any atom is -0.493 e. The summed E-state index contributed by atoms with van der Waals surface area (Å²) in [7, 11) is 0. The smallest absolute Gasteiger partial charge is 0.225 e. The van der Waals surface area contributed by atoms with E-state index in [-0.39, 0.29) is 18.4 Å². The van der Waals surface area contributed by atoms with Gasteiger partial charge in [-0.2, -0.15) is 0 Å². The van der Waals surface area contributed by atoms with Crippen molar-refractivity contribution in [2.75, 3.05) is 13.2 Å². The second-order valence-electron chi connectivity index (χ2n) is 4.55. The molecule has 4 heteroatoms. The molecule has 4 nitrogen and oxygen atoms in total. The number of ether oxygens (including phenoxy) is 1. The van der Waals surface area contributed by atoms with E-state index in [2.05, 4.69) is 11.4 Å². The zero-order valence-electron chi connectivity index (χ0n) is 10.6. The summed E-state index contributed by atoms with van der Waals surface area (Å²) >= 11 is 0. The van der Waals surface area contributed by atoms with Crippen molar-refractivity contribution in [3.63, 3.8) is 0 Å². The summed E-state index contributed by atoms with van der Waals surface area (Å²) in [4.78, 5) is 11.7. The number of amides is 1. The van der Waals surface area contributed by atoms with E-state index < -0.39 is 0 Å². The van der Waals surface area contributed by atoms with Gasteiger partial charge in [0.1, 0.15) is 5.75 Å². The van der Waals surface area contributed by atoms with Gasteiger partial charge in [0.2, 0.25) is 5.91 Å². The van der Waals surface area contributed by atoms with Crippen LogP contribution < -0.4 is 10.1 Å². The van der Waals surface area contributed by atoms with Crippen LogP contribution in [0.4, 0.5) is 0 Å². The third kappa shape index (κ3) is 2.82. The van der Waals surface area contributed by atoms with Crippen LogP contribution in [0, 0.1) is 5.92 Å². The topological polar surface area (TPSA) is 58.6 Å². The number of nitrogens with one attached hydrogen (secondary N) is 1. The number of carbonyl (C=O) groups is 1. The molecule has 98 valence electrons. The minimum absolute atomic E-state index is 0.0863. The number of carbonyl (C=O) groups excluding carboxylic acids is 1. The van der Waals surface area contributed by atoms with Crippen LogP contribution >= 0.6 is 0 Å². The van der Waals surface area contributed by atoms with Crippen LogP contribution in [-0.2, 0) is 17.8 Å². The Balaban J connectivity index is 1.92. The van der Waals surface area contributed by atoms with E-state index in [0.717, 1.165) is 24.3 Å². The van der Waals surface area contributed by atoms with Gasteiger partial charge in [0.05, 0.1) is 19.1 Å². The van der Waals surface area contributed by atoms with Crippen molar-refractivity contribution in [1.29, 1.82) is 0 Å². The molecule has 0 saturated carbocycles. The highest BCUT2D eigenvalue weighted by molar-refractivity contribution is 5.78. The van der Waals surface area contributed by atoms with Crippen molar-refractivity contribution in [2.24, 2.45) is 5.92 Å². The Hall–Kier alpha value is -1.55. The predicted molar refractivity (Wildman–Crippen MR) is 68.4 cm³/mol. The van der Waals surface area contributed by atoms with Crippen LogP contribution in [0.5, 0.6) is 5.75 Å². The van der Waals surface area contributed by atoms with Gasteiger partial charge in [0, 0.05) is 13.0 Å². The Bertz CT molecular complexity index is 427. The zero-order valence-corrected chi connectivity index (χ0v) is 10.6. The van der Waals surface area contributed by atoms with Crippen molar-refractivity contribution in [2.45, 2.75) is 26.3 Å². The zero-order chi connectivity index (χ0) is 13.0. The lowest BCUT2D eigenvalue weighted by Gasteiger charge is -2.12. The number of fused-ring (bicyclic) bond motifs is 1. The van der Waals surface area contributed by atoms with Crippen LogP contribution in [-0.4, -0.2) is 24.2 Å². The van der Waals surface area contributed by atoms with E-state index in [9.17, 15) is 4.79 Å². The lowest BCUT2D eigenvalue weighted by Crippen LogP contribution is -2.31. The Morgan fingerprint density at radius 2 is 2.39 bits per heavy atom. The van der Waals surface area contributed by atoms with Gasteiger partial charge in [-0.25, -0.2) is 0 Å². The molecule has 2 rings (SSSR count). The Morgan fingerprint density at radius 3 is 3.11 bits per heavy atom. The molecule has 1 aliphatic heterocycles. The second-order valence-corrected chi connectivity index (χ2v) is 4.55. The maximum Gasteiger partial charge on any atom is 0.225 e. The molecule has 0 aromatic heterocycles. The summed E-state index contributed by atoms with van der Waals surface area (Å²) in [5, 5.41) is 11.9. The lowest BCUT2D eigenvalue weighted by atomic mass is 10.1. The molecule has 0 bridgehead atoms. The average Bonchev–Trinajstić information content (AvgIpc) is 2.85. The van der Waals surface area contributed by atoms with Crippen molar-refractivity contribution in [1.82, 2.24) is 5.32 Å². The third-order valence-corrected chi connectivity index (χ3v) is 3.30. The molecule has 0 aliphatic carbocycles. The van der Waals surface area contributed by atoms with E-state index in [4.69, 9.17) is 9.84 Å². The second kappa shape index (κ2) is 5.87. The van der Waals surface area contributed by atoms with Gasteiger partial charge in [0.25, 0.3) is 0 Å². The summed E-state index contributed by atoms with van der Waals surface area (Å²) in [5.74, 6) is 0.561. The molecule has 1 aliphatic rings. The van der Waals surface area contributed by atoms with Gasteiger partial charge in [-0.05, 0) is 23.6 Å². The van der Waals surface area contributed by atoms with Crippen molar-refractivity contribution < 1.29 is 14.6 Å². The first-order chi connectivity index (χ1) is 8.74. The molecule has 0 spiro atoms. The number of aliphatic hydroxyl groups excluding tert-OH is 1. The fraction of sp³-hybridized carbons (Fsp3) is 0.500. The van der Waals surface area contributed by atoms with E-state index in [0.29, 0.717) is 13.0 Å². The molecule has 1 unspecified atom stereocenters. The summed E-state index contributed by atoms with van der Waals surface area (Å²) in [6.07, 6.45) is 1.59.